The number of rotatable bonds is 11. The van der Waals surface area contributed by atoms with Crippen LogP contribution in [-0.4, -0.2) is 67.0 Å². The molecule has 0 atom stereocenters. The number of aromatic nitrogens is 3. The number of halogens is 4. The van der Waals surface area contributed by atoms with E-state index in [0.717, 1.165) is 0 Å². The molecule has 0 aliphatic heterocycles. The standard InChI is InChI=1S/C24H33ClF3N5O4S/c1-4-33-22(17-14-30-19(12-18(17)37-2)29-11-5-10-24(26,27)28)20(25)21(32-33)23(34)31-13-15-6-8-16(9-7-15)38(3,35)36/h12,14-16H,4-11,13H2,1-3H3,(H,29,30)(H,31,34). The lowest BCUT2D eigenvalue weighted by atomic mass is 9.89. The average molecular weight is 580 g/mol. The number of amides is 1. The number of sulfone groups is 1. The van der Waals surface area contributed by atoms with Gasteiger partial charge in [-0.05, 0) is 44.9 Å². The van der Waals surface area contributed by atoms with E-state index in [1.54, 1.807) is 10.7 Å². The Hall–Kier alpha value is -2.54. The molecule has 9 nitrogen and oxygen atoms in total. The fraction of sp³-hybridized carbons (Fsp3) is 0.625. The number of carbonyl (C=O) groups excluding carboxylic acids is 1. The summed E-state index contributed by atoms with van der Waals surface area (Å²) in [7, 11) is -1.61. The van der Waals surface area contributed by atoms with E-state index >= 15 is 0 Å². The molecule has 1 aliphatic rings. The molecule has 0 radical (unpaired) electrons. The van der Waals surface area contributed by atoms with Gasteiger partial charge in [0.15, 0.2) is 5.69 Å². The van der Waals surface area contributed by atoms with Crippen LogP contribution in [0.15, 0.2) is 12.3 Å². The summed E-state index contributed by atoms with van der Waals surface area (Å²) in [5.74, 6) is 0.437. The van der Waals surface area contributed by atoms with E-state index in [0.29, 0.717) is 61.6 Å². The Bertz CT molecular complexity index is 1230. The number of hydrogen-bond acceptors (Lipinski definition) is 7. The molecular formula is C24H33ClF3N5O4S. The molecular weight excluding hydrogens is 547 g/mol. The lowest BCUT2D eigenvalue weighted by Crippen LogP contribution is -2.34. The van der Waals surface area contributed by atoms with Crippen molar-refractivity contribution in [1.82, 2.24) is 20.1 Å². The van der Waals surface area contributed by atoms with Gasteiger partial charge in [-0.1, -0.05) is 11.6 Å². The van der Waals surface area contributed by atoms with Gasteiger partial charge in [-0.2, -0.15) is 18.3 Å². The Morgan fingerprint density at radius 1 is 1.26 bits per heavy atom. The highest BCUT2D eigenvalue weighted by molar-refractivity contribution is 7.91. The Morgan fingerprint density at radius 2 is 1.95 bits per heavy atom. The van der Waals surface area contributed by atoms with Crippen LogP contribution in [-0.2, 0) is 16.4 Å². The zero-order chi connectivity index (χ0) is 28.1. The van der Waals surface area contributed by atoms with Crippen LogP contribution in [0.3, 0.4) is 0 Å². The van der Waals surface area contributed by atoms with Crippen molar-refractivity contribution in [2.24, 2.45) is 5.92 Å². The average Bonchev–Trinajstić information content (AvgIpc) is 3.20. The number of aryl methyl sites for hydroxylation is 1. The second kappa shape index (κ2) is 12.5. The first-order valence-corrected chi connectivity index (χ1v) is 14.8. The van der Waals surface area contributed by atoms with Crippen molar-refractivity contribution >= 4 is 33.2 Å². The van der Waals surface area contributed by atoms with Crippen molar-refractivity contribution in [3.8, 4) is 17.0 Å². The summed E-state index contributed by atoms with van der Waals surface area (Å²) in [6.07, 6.45) is 0.101. The Morgan fingerprint density at radius 3 is 2.53 bits per heavy atom. The molecule has 2 heterocycles. The van der Waals surface area contributed by atoms with Crippen molar-refractivity contribution in [2.45, 2.75) is 63.4 Å². The molecule has 1 fully saturated rings. The zero-order valence-corrected chi connectivity index (χ0v) is 23.1. The SMILES string of the molecule is CCn1nc(C(=O)NCC2CCC(S(C)(=O)=O)CC2)c(Cl)c1-c1cnc(NCCCC(F)(F)F)cc1OC. The molecule has 2 aromatic heterocycles. The first kappa shape index (κ1) is 30.0. The summed E-state index contributed by atoms with van der Waals surface area (Å²) in [4.78, 5) is 17.2. The highest BCUT2D eigenvalue weighted by Gasteiger charge is 2.30. The van der Waals surface area contributed by atoms with E-state index in [2.05, 4.69) is 20.7 Å². The van der Waals surface area contributed by atoms with E-state index in [1.165, 1.54) is 19.6 Å². The van der Waals surface area contributed by atoms with Crippen molar-refractivity contribution in [1.29, 1.82) is 0 Å². The van der Waals surface area contributed by atoms with Gasteiger partial charge in [-0.25, -0.2) is 13.4 Å². The second-order valence-corrected chi connectivity index (χ2v) is 12.1. The largest absolute Gasteiger partial charge is 0.496 e. The van der Waals surface area contributed by atoms with Gasteiger partial charge in [0.2, 0.25) is 0 Å². The maximum Gasteiger partial charge on any atom is 0.389 e. The molecule has 3 rings (SSSR count). The summed E-state index contributed by atoms with van der Waals surface area (Å²) in [5.41, 5.74) is 0.955. The zero-order valence-electron chi connectivity index (χ0n) is 21.6. The monoisotopic (exact) mass is 579 g/mol. The summed E-state index contributed by atoms with van der Waals surface area (Å²) < 4.78 is 67.7. The molecule has 0 bridgehead atoms. The molecule has 0 spiro atoms. The lowest BCUT2D eigenvalue weighted by Gasteiger charge is -2.27. The third-order valence-corrected chi connectivity index (χ3v) is 8.68. The van der Waals surface area contributed by atoms with E-state index in [1.807, 2.05) is 6.92 Å². The fourth-order valence-corrected chi connectivity index (χ4v) is 5.99. The van der Waals surface area contributed by atoms with E-state index < -0.39 is 28.3 Å². The number of alkyl halides is 3. The maximum absolute atomic E-state index is 13.0. The number of ether oxygens (including phenoxy) is 1. The third kappa shape index (κ3) is 7.75. The van der Waals surface area contributed by atoms with Gasteiger partial charge in [-0.15, -0.1) is 0 Å². The lowest BCUT2D eigenvalue weighted by molar-refractivity contribution is -0.134. The van der Waals surface area contributed by atoms with Crippen molar-refractivity contribution < 1.29 is 31.1 Å². The van der Waals surface area contributed by atoms with Gasteiger partial charge in [0.05, 0.1) is 28.6 Å². The fourth-order valence-electron chi connectivity index (χ4n) is 4.54. The Labute approximate surface area is 225 Å². The quantitative estimate of drug-likeness (QED) is 0.370. The maximum atomic E-state index is 13.0. The Balaban J connectivity index is 1.70. The number of nitrogens with one attached hydrogen (secondary N) is 2. The number of pyridine rings is 1. The van der Waals surface area contributed by atoms with Crippen LogP contribution < -0.4 is 15.4 Å². The molecule has 1 amide bonds. The van der Waals surface area contributed by atoms with Gasteiger partial charge in [0.25, 0.3) is 5.91 Å². The molecule has 14 heteroatoms. The van der Waals surface area contributed by atoms with Gasteiger partial charge < -0.3 is 15.4 Å². The predicted octanol–water partition coefficient (Wildman–Crippen LogP) is 4.71. The van der Waals surface area contributed by atoms with Gasteiger partial charge in [0.1, 0.15) is 21.4 Å². The van der Waals surface area contributed by atoms with E-state index in [9.17, 15) is 26.4 Å². The van der Waals surface area contributed by atoms with Crippen molar-refractivity contribution in [3.63, 3.8) is 0 Å². The number of carbonyl (C=O) groups is 1. The van der Waals surface area contributed by atoms with Crippen LogP contribution in [0.2, 0.25) is 5.02 Å². The highest BCUT2D eigenvalue weighted by Crippen LogP contribution is 2.37. The molecule has 2 aromatic rings. The predicted molar refractivity (Wildman–Crippen MR) is 139 cm³/mol. The molecule has 0 aromatic carbocycles. The minimum absolute atomic E-state index is 0.0461. The summed E-state index contributed by atoms with van der Waals surface area (Å²) in [6, 6.07) is 1.55. The van der Waals surface area contributed by atoms with Gasteiger partial charge >= 0.3 is 6.18 Å². The molecule has 212 valence electrons. The molecule has 1 aliphatic carbocycles. The molecule has 0 saturated heterocycles. The topological polar surface area (TPSA) is 115 Å². The minimum Gasteiger partial charge on any atom is -0.496 e. The van der Waals surface area contributed by atoms with Gasteiger partial charge in [-0.3, -0.25) is 9.48 Å². The minimum atomic E-state index is -4.21. The normalized spacial score (nSPS) is 18.3. The molecule has 38 heavy (non-hydrogen) atoms. The van der Waals surface area contributed by atoms with Crippen molar-refractivity contribution in [2.75, 3.05) is 31.8 Å². The van der Waals surface area contributed by atoms with Crippen LogP contribution in [0.4, 0.5) is 19.0 Å². The molecule has 2 N–H and O–H groups in total. The smallest absolute Gasteiger partial charge is 0.389 e. The van der Waals surface area contributed by atoms with Crippen LogP contribution in [0.25, 0.3) is 11.3 Å². The number of anilines is 1. The first-order chi connectivity index (χ1) is 17.8. The van der Waals surface area contributed by atoms with E-state index in [4.69, 9.17) is 16.3 Å². The van der Waals surface area contributed by atoms with E-state index in [-0.39, 0.29) is 34.8 Å². The molecule has 0 unspecified atom stereocenters. The van der Waals surface area contributed by atoms with Gasteiger partial charge in [0, 0.05) is 44.6 Å². The van der Waals surface area contributed by atoms with Crippen LogP contribution in [0.1, 0.15) is 55.9 Å². The highest BCUT2D eigenvalue weighted by atomic mass is 35.5. The first-order valence-electron chi connectivity index (χ1n) is 12.4. The summed E-state index contributed by atoms with van der Waals surface area (Å²) >= 11 is 6.63. The van der Waals surface area contributed by atoms with Crippen LogP contribution in [0, 0.1) is 5.92 Å². The van der Waals surface area contributed by atoms with Crippen molar-refractivity contribution in [3.05, 3.63) is 23.0 Å². The summed E-state index contributed by atoms with van der Waals surface area (Å²) in [6.45, 7) is 2.71. The number of hydrogen-bond donors (Lipinski definition) is 2. The number of nitrogens with zero attached hydrogens (tertiary/aromatic N) is 3. The Kier molecular flexibility index (Phi) is 9.91. The number of methoxy groups -OCH3 is 1. The third-order valence-electron chi connectivity index (χ3n) is 6.64. The summed E-state index contributed by atoms with van der Waals surface area (Å²) in [5, 5.41) is 9.90. The second-order valence-electron chi connectivity index (χ2n) is 9.42. The van der Waals surface area contributed by atoms with Crippen LogP contribution >= 0.6 is 11.6 Å². The van der Waals surface area contributed by atoms with Crippen LogP contribution in [0.5, 0.6) is 5.75 Å². The molecule has 1 saturated carbocycles.